The van der Waals surface area contributed by atoms with E-state index in [0.29, 0.717) is 16.6 Å². The van der Waals surface area contributed by atoms with Crippen molar-refractivity contribution in [3.8, 4) is 17.0 Å². The molecule has 6 heteroatoms. The van der Waals surface area contributed by atoms with Crippen LogP contribution in [0.5, 0.6) is 5.75 Å². The van der Waals surface area contributed by atoms with Gasteiger partial charge in [0.2, 0.25) is 0 Å². The van der Waals surface area contributed by atoms with Gasteiger partial charge in [0.25, 0.3) is 0 Å². The first-order valence-corrected chi connectivity index (χ1v) is 8.70. The summed E-state index contributed by atoms with van der Waals surface area (Å²) in [5.41, 5.74) is 9.80. The van der Waals surface area contributed by atoms with Crippen molar-refractivity contribution >= 4 is 23.2 Å². The van der Waals surface area contributed by atoms with Gasteiger partial charge in [0, 0.05) is 23.7 Å². The zero-order valence-electron chi connectivity index (χ0n) is 13.9. The molecule has 2 N–H and O–H groups in total. The minimum Gasteiger partial charge on any atom is -0.497 e. The summed E-state index contributed by atoms with van der Waals surface area (Å²) >= 11 is 12.3. The van der Waals surface area contributed by atoms with E-state index >= 15 is 0 Å². The molecular weight excluding hydrogens is 357 g/mol. The van der Waals surface area contributed by atoms with Crippen LogP contribution < -0.4 is 10.5 Å². The molecule has 0 amide bonds. The summed E-state index contributed by atoms with van der Waals surface area (Å²) in [6, 6.07) is 13.5. The minimum atomic E-state index is 0.386. The van der Waals surface area contributed by atoms with Gasteiger partial charge in [-0.25, -0.2) is 4.98 Å². The van der Waals surface area contributed by atoms with Crippen LogP contribution in [0.4, 0.5) is 0 Å². The molecule has 0 aliphatic heterocycles. The summed E-state index contributed by atoms with van der Waals surface area (Å²) < 4.78 is 7.26. The minimum absolute atomic E-state index is 0.386. The van der Waals surface area contributed by atoms with Gasteiger partial charge in [0.15, 0.2) is 0 Å². The fraction of sp³-hybridized carbons (Fsp3) is 0.211. The summed E-state index contributed by atoms with van der Waals surface area (Å²) in [5.74, 6) is 0.855. The standard InChI is InChI=1S/C19H19Cl2N3O/c1-25-15-5-2-13(3-6-15)8-9-24-12-23-19(18(24)11-22)16-7-4-14(20)10-17(16)21/h2-7,10,12H,8-9,11,22H2,1H3. The van der Waals surface area contributed by atoms with E-state index in [1.165, 1.54) is 5.56 Å². The maximum atomic E-state index is 6.32. The van der Waals surface area contributed by atoms with Crippen LogP contribution in [0, 0.1) is 0 Å². The molecule has 3 rings (SSSR count). The Hall–Kier alpha value is -2.01. The first kappa shape index (κ1) is 17.8. The lowest BCUT2D eigenvalue weighted by atomic mass is 10.1. The topological polar surface area (TPSA) is 53.1 Å². The Bertz CT molecular complexity index is 860. The molecule has 0 fully saturated rings. The molecule has 25 heavy (non-hydrogen) atoms. The van der Waals surface area contributed by atoms with E-state index in [9.17, 15) is 0 Å². The average Bonchev–Trinajstić information content (AvgIpc) is 3.03. The number of halogens is 2. The second-order valence-electron chi connectivity index (χ2n) is 5.66. The summed E-state index contributed by atoms with van der Waals surface area (Å²) in [6.07, 6.45) is 2.69. The van der Waals surface area contributed by atoms with Crippen LogP contribution in [0.2, 0.25) is 10.0 Å². The third-order valence-electron chi connectivity index (χ3n) is 4.13. The van der Waals surface area contributed by atoms with E-state index in [4.69, 9.17) is 33.7 Å². The Labute approximate surface area is 157 Å². The van der Waals surface area contributed by atoms with Crippen LogP contribution in [-0.2, 0) is 19.5 Å². The van der Waals surface area contributed by atoms with Crippen molar-refractivity contribution in [2.75, 3.05) is 7.11 Å². The van der Waals surface area contributed by atoms with Gasteiger partial charge >= 0.3 is 0 Å². The number of rotatable bonds is 6. The quantitative estimate of drug-likeness (QED) is 0.686. The van der Waals surface area contributed by atoms with Gasteiger partial charge < -0.3 is 15.0 Å². The first-order chi connectivity index (χ1) is 12.1. The fourth-order valence-electron chi connectivity index (χ4n) is 2.76. The van der Waals surface area contributed by atoms with Crippen LogP contribution in [0.15, 0.2) is 48.8 Å². The van der Waals surface area contributed by atoms with Crippen LogP contribution >= 0.6 is 23.2 Å². The van der Waals surface area contributed by atoms with Gasteiger partial charge in [-0.05, 0) is 42.3 Å². The predicted molar refractivity (Wildman–Crippen MR) is 102 cm³/mol. The Morgan fingerprint density at radius 2 is 1.88 bits per heavy atom. The number of nitrogens with zero attached hydrogens (tertiary/aromatic N) is 2. The molecule has 1 aromatic heterocycles. The molecule has 0 aliphatic carbocycles. The number of hydrogen-bond donors (Lipinski definition) is 1. The van der Waals surface area contributed by atoms with Crippen molar-refractivity contribution in [2.45, 2.75) is 19.5 Å². The van der Waals surface area contributed by atoms with E-state index < -0.39 is 0 Å². The van der Waals surface area contributed by atoms with Gasteiger partial charge in [-0.2, -0.15) is 0 Å². The number of hydrogen-bond acceptors (Lipinski definition) is 3. The highest BCUT2D eigenvalue weighted by atomic mass is 35.5. The molecule has 0 spiro atoms. The molecule has 130 valence electrons. The zero-order chi connectivity index (χ0) is 17.8. The summed E-state index contributed by atoms with van der Waals surface area (Å²) in [5, 5.41) is 1.17. The third-order valence-corrected chi connectivity index (χ3v) is 4.67. The van der Waals surface area contributed by atoms with Crippen LogP contribution in [0.1, 0.15) is 11.3 Å². The number of ether oxygens (including phenoxy) is 1. The first-order valence-electron chi connectivity index (χ1n) is 7.94. The summed E-state index contributed by atoms with van der Waals surface area (Å²) in [6.45, 7) is 1.17. The van der Waals surface area contributed by atoms with E-state index in [2.05, 4.69) is 21.7 Å². The van der Waals surface area contributed by atoms with Gasteiger partial charge in [0.05, 0.1) is 29.8 Å². The van der Waals surface area contributed by atoms with Crippen molar-refractivity contribution in [1.29, 1.82) is 0 Å². The molecule has 0 saturated heterocycles. The van der Waals surface area contributed by atoms with Crippen molar-refractivity contribution in [3.63, 3.8) is 0 Å². The van der Waals surface area contributed by atoms with Crippen molar-refractivity contribution in [1.82, 2.24) is 9.55 Å². The molecule has 0 bridgehead atoms. The van der Waals surface area contributed by atoms with E-state index in [1.54, 1.807) is 19.2 Å². The number of aromatic nitrogens is 2. The second kappa shape index (κ2) is 7.91. The highest BCUT2D eigenvalue weighted by Crippen LogP contribution is 2.31. The molecule has 0 atom stereocenters. The normalized spacial score (nSPS) is 10.9. The summed E-state index contributed by atoms with van der Waals surface area (Å²) in [7, 11) is 1.66. The average molecular weight is 376 g/mol. The van der Waals surface area contributed by atoms with Crippen molar-refractivity contribution in [2.24, 2.45) is 5.73 Å². The Kier molecular flexibility index (Phi) is 5.63. The Morgan fingerprint density at radius 1 is 1.12 bits per heavy atom. The third kappa shape index (κ3) is 3.98. The number of methoxy groups -OCH3 is 1. The Morgan fingerprint density at radius 3 is 2.52 bits per heavy atom. The number of aryl methyl sites for hydroxylation is 2. The zero-order valence-corrected chi connectivity index (χ0v) is 15.4. The van der Waals surface area contributed by atoms with Gasteiger partial charge in [-0.3, -0.25) is 0 Å². The lowest BCUT2D eigenvalue weighted by Gasteiger charge is -2.10. The molecule has 4 nitrogen and oxygen atoms in total. The molecule has 0 unspecified atom stereocenters. The predicted octanol–water partition coefficient (Wildman–Crippen LogP) is 4.57. The highest BCUT2D eigenvalue weighted by Gasteiger charge is 2.14. The fourth-order valence-corrected chi connectivity index (χ4v) is 3.26. The van der Waals surface area contributed by atoms with E-state index in [1.807, 2.05) is 24.5 Å². The molecular formula is C19H19Cl2N3O. The molecule has 3 aromatic rings. The maximum absolute atomic E-state index is 6.32. The molecule has 0 aliphatic rings. The lowest BCUT2D eigenvalue weighted by Crippen LogP contribution is -2.09. The molecule has 0 radical (unpaired) electrons. The van der Waals surface area contributed by atoms with Gasteiger partial charge in [0.1, 0.15) is 5.75 Å². The number of nitrogens with two attached hydrogens (primary N) is 1. The highest BCUT2D eigenvalue weighted by molar-refractivity contribution is 6.36. The van der Waals surface area contributed by atoms with Crippen molar-refractivity contribution < 1.29 is 4.74 Å². The van der Waals surface area contributed by atoms with Gasteiger partial charge in [-0.1, -0.05) is 35.3 Å². The second-order valence-corrected chi connectivity index (χ2v) is 6.50. The SMILES string of the molecule is COc1ccc(CCn2cnc(-c3ccc(Cl)cc3Cl)c2CN)cc1. The smallest absolute Gasteiger partial charge is 0.118 e. The van der Waals surface area contributed by atoms with Crippen LogP contribution in [0.25, 0.3) is 11.3 Å². The Balaban J connectivity index is 1.81. The monoisotopic (exact) mass is 375 g/mol. The largest absolute Gasteiger partial charge is 0.497 e. The number of benzene rings is 2. The molecule has 2 aromatic carbocycles. The van der Waals surface area contributed by atoms with Crippen LogP contribution in [0.3, 0.4) is 0 Å². The van der Waals surface area contributed by atoms with E-state index in [-0.39, 0.29) is 0 Å². The molecule has 0 saturated carbocycles. The maximum Gasteiger partial charge on any atom is 0.118 e. The number of imidazole rings is 1. The van der Waals surface area contributed by atoms with Gasteiger partial charge in [-0.15, -0.1) is 0 Å². The van der Waals surface area contributed by atoms with Crippen LogP contribution in [-0.4, -0.2) is 16.7 Å². The van der Waals surface area contributed by atoms with E-state index in [0.717, 1.165) is 35.7 Å². The van der Waals surface area contributed by atoms with Crippen molar-refractivity contribution in [3.05, 3.63) is 70.1 Å². The molecule has 1 heterocycles. The lowest BCUT2D eigenvalue weighted by molar-refractivity contribution is 0.414. The summed E-state index contributed by atoms with van der Waals surface area (Å²) in [4.78, 5) is 4.52.